The van der Waals surface area contributed by atoms with Gasteiger partial charge in [0.25, 0.3) is 0 Å². The summed E-state index contributed by atoms with van der Waals surface area (Å²) in [4.78, 5) is 25.1. The topological polar surface area (TPSA) is 84.5 Å². The van der Waals surface area contributed by atoms with Gasteiger partial charge in [-0.05, 0) is 68.8 Å². The summed E-state index contributed by atoms with van der Waals surface area (Å²) in [5.74, 6) is 0.700. The van der Waals surface area contributed by atoms with E-state index in [0.29, 0.717) is 5.95 Å². The third kappa shape index (κ3) is 3.81. The van der Waals surface area contributed by atoms with E-state index in [0.717, 1.165) is 36.0 Å². The fourth-order valence-electron chi connectivity index (χ4n) is 5.31. The summed E-state index contributed by atoms with van der Waals surface area (Å²) in [6.45, 7) is 7.44. The summed E-state index contributed by atoms with van der Waals surface area (Å²) in [6.07, 6.45) is 1.76. The average Bonchev–Trinajstić information content (AvgIpc) is 3.18. The van der Waals surface area contributed by atoms with Gasteiger partial charge in [-0.15, -0.1) is 0 Å². The number of hydrogen-bond donors (Lipinski definition) is 3. The van der Waals surface area contributed by atoms with E-state index in [2.05, 4.69) is 48.0 Å². The standard InChI is InChI=1S/C25H33N5O2/c1-6-17-11-12-18(31)15-19(17)25(3)13-14-29(4)16(2)22(25)30(5)24(32)28-23-26-20-9-7-8-10-21(20)27-23/h7-12,15-16,22,31H,6,13-14H2,1-5H3,(H2,26,27,28,32)/t16?,22-,25+/m0/s1. The van der Waals surface area contributed by atoms with Crippen molar-refractivity contribution in [3.8, 4) is 5.75 Å². The highest BCUT2D eigenvalue weighted by atomic mass is 16.3. The number of aromatic amines is 1. The number of aromatic hydroxyl groups is 1. The number of para-hydroxylation sites is 2. The van der Waals surface area contributed by atoms with Gasteiger partial charge in [0.15, 0.2) is 0 Å². The molecule has 0 saturated carbocycles. The lowest BCUT2D eigenvalue weighted by atomic mass is 9.66. The van der Waals surface area contributed by atoms with Gasteiger partial charge in [0.2, 0.25) is 5.95 Å². The lowest BCUT2D eigenvalue weighted by Gasteiger charge is -2.53. The number of carbonyl (C=O) groups excluding carboxylic acids is 1. The molecular formula is C25H33N5O2. The van der Waals surface area contributed by atoms with Gasteiger partial charge in [0.05, 0.1) is 17.1 Å². The Morgan fingerprint density at radius 2 is 2.09 bits per heavy atom. The largest absolute Gasteiger partial charge is 0.508 e. The Morgan fingerprint density at radius 3 is 2.81 bits per heavy atom. The van der Waals surface area contributed by atoms with E-state index in [-0.39, 0.29) is 29.3 Å². The molecule has 1 aliphatic rings. The molecule has 7 heteroatoms. The predicted octanol–water partition coefficient (Wildman–Crippen LogP) is 4.35. The van der Waals surface area contributed by atoms with Crippen LogP contribution in [0, 0.1) is 0 Å². The summed E-state index contributed by atoms with van der Waals surface area (Å²) in [5, 5.41) is 13.2. The number of imidazole rings is 1. The van der Waals surface area contributed by atoms with Crippen molar-refractivity contribution in [3.63, 3.8) is 0 Å². The van der Waals surface area contributed by atoms with Gasteiger partial charge < -0.3 is 19.9 Å². The SMILES string of the molecule is CCc1ccc(O)cc1[C@@]1(C)CCN(C)C(C)[C@@H]1N(C)C(=O)Nc1nc2ccccc2[nH]1. The van der Waals surface area contributed by atoms with Gasteiger partial charge in [0, 0.05) is 18.5 Å². The third-order valence-electron chi connectivity index (χ3n) is 7.23. The maximum Gasteiger partial charge on any atom is 0.324 e. The summed E-state index contributed by atoms with van der Waals surface area (Å²) >= 11 is 0. The molecular weight excluding hydrogens is 402 g/mol. The minimum Gasteiger partial charge on any atom is -0.508 e. The molecule has 1 aromatic heterocycles. The first kappa shape index (κ1) is 22.1. The minimum atomic E-state index is -0.310. The summed E-state index contributed by atoms with van der Waals surface area (Å²) < 4.78 is 0. The van der Waals surface area contributed by atoms with Gasteiger partial charge >= 0.3 is 6.03 Å². The molecule has 2 heterocycles. The van der Waals surface area contributed by atoms with Crippen LogP contribution in [0.15, 0.2) is 42.5 Å². The molecule has 0 spiro atoms. The van der Waals surface area contributed by atoms with Gasteiger partial charge in [0.1, 0.15) is 5.75 Å². The van der Waals surface area contributed by atoms with Crippen LogP contribution in [-0.2, 0) is 11.8 Å². The van der Waals surface area contributed by atoms with E-state index in [1.54, 1.807) is 11.0 Å². The van der Waals surface area contributed by atoms with Crippen LogP contribution in [0.5, 0.6) is 5.75 Å². The molecule has 3 atom stereocenters. The van der Waals surface area contributed by atoms with E-state index in [1.807, 2.05) is 43.4 Å². The van der Waals surface area contributed by atoms with Crippen molar-refractivity contribution in [2.45, 2.75) is 51.1 Å². The van der Waals surface area contributed by atoms with E-state index >= 15 is 0 Å². The van der Waals surface area contributed by atoms with Gasteiger partial charge in [-0.1, -0.05) is 32.0 Å². The number of likely N-dealkylation sites (N-methyl/N-ethyl adjacent to an activating group) is 2. The van der Waals surface area contributed by atoms with Crippen LogP contribution in [0.4, 0.5) is 10.7 Å². The zero-order chi connectivity index (χ0) is 23.0. The fourth-order valence-corrected chi connectivity index (χ4v) is 5.31. The first-order chi connectivity index (χ1) is 15.2. The van der Waals surface area contributed by atoms with E-state index in [4.69, 9.17) is 0 Å². The molecule has 7 nitrogen and oxygen atoms in total. The molecule has 4 rings (SSSR count). The van der Waals surface area contributed by atoms with Crippen molar-refractivity contribution < 1.29 is 9.90 Å². The number of H-pyrrole nitrogens is 1. The summed E-state index contributed by atoms with van der Waals surface area (Å²) in [7, 11) is 3.95. The number of benzene rings is 2. The molecule has 3 aromatic rings. The molecule has 2 aromatic carbocycles. The Kier molecular flexibility index (Phi) is 5.86. The Hall–Kier alpha value is -3.06. The highest BCUT2D eigenvalue weighted by Gasteiger charge is 2.48. The van der Waals surface area contributed by atoms with Crippen LogP contribution < -0.4 is 5.32 Å². The number of piperidine rings is 1. The lowest BCUT2D eigenvalue weighted by molar-refractivity contribution is 0.0397. The number of nitrogens with one attached hydrogen (secondary N) is 2. The molecule has 0 bridgehead atoms. The van der Waals surface area contributed by atoms with Gasteiger partial charge in [-0.2, -0.15) is 0 Å². The fraction of sp³-hybridized carbons (Fsp3) is 0.440. The number of fused-ring (bicyclic) bond motifs is 1. The Labute approximate surface area is 189 Å². The number of phenols is 1. The highest BCUT2D eigenvalue weighted by Crippen LogP contribution is 2.43. The Balaban J connectivity index is 1.68. The quantitative estimate of drug-likeness (QED) is 0.569. The smallest absolute Gasteiger partial charge is 0.324 e. The van der Waals surface area contributed by atoms with Crippen LogP contribution in [-0.4, -0.2) is 63.6 Å². The van der Waals surface area contributed by atoms with Crippen molar-refractivity contribution in [2.24, 2.45) is 0 Å². The number of likely N-dealkylation sites (tertiary alicyclic amines) is 1. The number of anilines is 1. The zero-order valence-electron chi connectivity index (χ0n) is 19.5. The highest BCUT2D eigenvalue weighted by molar-refractivity contribution is 5.90. The number of aromatic nitrogens is 2. The number of urea groups is 1. The van der Waals surface area contributed by atoms with Crippen molar-refractivity contribution in [1.82, 2.24) is 19.8 Å². The number of carbonyl (C=O) groups is 1. The van der Waals surface area contributed by atoms with Gasteiger partial charge in [-0.3, -0.25) is 5.32 Å². The maximum absolute atomic E-state index is 13.4. The molecule has 1 unspecified atom stereocenters. The molecule has 0 radical (unpaired) electrons. The molecule has 32 heavy (non-hydrogen) atoms. The normalized spacial score (nSPS) is 23.9. The first-order valence-electron chi connectivity index (χ1n) is 11.3. The number of nitrogens with zero attached hydrogens (tertiary/aromatic N) is 3. The number of phenolic OH excluding ortho intramolecular Hbond substituents is 1. The predicted molar refractivity (Wildman–Crippen MR) is 128 cm³/mol. The lowest BCUT2D eigenvalue weighted by Crippen LogP contribution is -2.64. The molecule has 2 amide bonds. The van der Waals surface area contributed by atoms with E-state index in [9.17, 15) is 9.90 Å². The minimum absolute atomic E-state index is 0.0993. The van der Waals surface area contributed by atoms with Crippen LogP contribution >= 0.6 is 0 Å². The van der Waals surface area contributed by atoms with Crippen molar-refractivity contribution in [2.75, 3.05) is 26.0 Å². The van der Waals surface area contributed by atoms with Gasteiger partial charge in [-0.25, -0.2) is 9.78 Å². The van der Waals surface area contributed by atoms with Crippen LogP contribution in [0.1, 0.15) is 38.3 Å². The summed E-state index contributed by atoms with van der Waals surface area (Å²) in [5.41, 5.74) is 3.71. The Morgan fingerprint density at radius 1 is 1.34 bits per heavy atom. The van der Waals surface area contributed by atoms with E-state index in [1.165, 1.54) is 5.56 Å². The van der Waals surface area contributed by atoms with Crippen molar-refractivity contribution in [3.05, 3.63) is 53.6 Å². The van der Waals surface area contributed by atoms with Crippen molar-refractivity contribution in [1.29, 1.82) is 0 Å². The second-order valence-electron chi connectivity index (χ2n) is 9.17. The van der Waals surface area contributed by atoms with Crippen LogP contribution in [0.2, 0.25) is 0 Å². The molecule has 1 aliphatic heterocycles. The number of amides is 2. The Bertz CT molecular complexity index is 1090. The number of aryl methyl sites for hydroxylation is 1. The molecule has 1 saturated heterocycles. The molecule has 1 fully saturated rings. The third-order valence-corrected chi connectivity index (χ3v) is 7.23. The number of hydrogen-bond acceptors (Lipinski definition) is 4. The molecule has 0 aliphatic carbocycles. The van der Waals surface area contributed by atoms with Crippen molar-refractivity contribution >= 4 is 23.0 Å². The van der Waals surface area contributed by atoms with Crippen LogP contribution in [0.3, 0.4) is 0 Å². The first-order valence-corrected chi connectivity index (χ1v) is 11.3. The second kappa shape index (κ2) is 8.47. The number of rotatable bonds is 4. The monoisotopic (exact) mass is 435 g/mol. The van der Waals surface area contributed by atoms with Crippen LogP contribution in [0.25, 0.3) is 11.0 Å². The zero-order valence-corrected chi connectivity index (χ0v) is 19.5. The molecule has 3 N–H and O–H groups in total. The average molecular weight is 436 g/mol. The second-order valence-corrected chi connectivity index (χ2v) is 9.17. The maximum atomic E-state index is 13.4. The summed E-state index contributed by atoms with van der Waals surface area (Å²) in [6, 6.07) is 13.2. The van der Waals surface area contributed by atoms with E-state index < -0.39 is 0 Å². The molecule has 170 valence electrons.